The normalized spacial score (nSPS) is 26.1. The third-order valence-electron chi connectivity index (χ3n) is 4.82. The number of pyridine rings is 1. The summed E-state index contributed by atoms with van der Waals surface area (Å²) in [7, 11) is 1.41. The molecule has 1 aromatic heterocycles. The van der Waals surface area contributed by atoms with E-state index in [4.69, 9.17) is 9.47 Å². The van der Waals surface area contributed by atoms with Gasteiger partial charge in [-0.2, -0.15) is 0 Å². The van der Waals surface area contributed by atoms with Crippen LogP contribution in [0.25, 0.3) is 0 Å². The lowest BCUT2D eigenvalue weighted by Crippen LogP contribution is -2.59. The maximum Gasteiger partial charge on any atom is 0.238 e. The first-order chi connectivity index (χ1) is 10.3. The highest BCUT2D eigenvalue weighted by Gasteiger charge is 2.55. The Bertz CT molecular complexity index is 734. The lowest BCUT2D eigenvalue weighted by Gasteiger charge is -2.50. The van der Waals surface area contributed by atoms with Crippen molar-refractivity contribution in [1.29, 1.82) is 0 Å². The van der Waals surface area contributed by atoms with Crippen LogP contribution in [0.5, 0.6) is 5.75 Å². The van der Waals surface area contributed by atoms with E-state index >= 15 is 0 Å². The van der Waals surface area contributed by atoms with Gasteiger partial charge in [0.1, 0.15) is 11.3 Å². The summed E-state index contributed by atoms with van der Waals surface area (Å²) >= 11 is 3.25. The van der Waals surface area contributed by atoms with E-state index in [1.807, 2.05) is 19.9 Å². The molecule has 6 heteroatoms. The summed E-state index contributed by atoms with van der Waals surface area (Å²) in [4.78, 5) is 25.3. The molecule has 118 valence electrons. The number of Topliss-reactive ketones (excluding diaryl/α,β-unsaturated/α-hetero) is 1. The Kier molecular flexibility index (Phi) is 3.57. The third-order valence-corrected chi connectivity index (χ3v) is 5.38. The summed E-state index contributed by atoms with van der Waals surface area (Å²) in [6, 6.07) is 0. The maximum absolute atomic E-state index is 13.1. The first-order valence-corrected chi connectivity index (χ1v) is 7.94. The number of fused-ring (bicyclic) bond motifs is 1. The van der Waals surface area contributed by atoms with Crippen LogP contribution in [0.3, 0.4) is 0 Å². The topological polar surface area (TPSA) is 57.5 Å². The van der Waals surface area contributed by atoms with Crippen molar-refractivity contribution < 1.29 is 14.3 Å². The number of methoxy groups -OCH3 is 1. The molecule has 3 rings (SSSR count). The van der Waals surface area contributed by atoms with Crippen molar-refractivity contribution in [2.75, 3.05) is 13.7 Å². The molecule has 0 bridgehead atoms. The van der Waals surface area contributed by atoms with E-state index in [-0.39, 0.29) is 17.0 Å². The van der Waals surface area contributed by atoms with Crippen LogP contribution in [0, 0.1) is 5.41 Å². The fourth-order valence-corrected chi connectivity index (χ4v) is 3.71. The minimum absolute atomic E-state index is 0.0913. The molecule has 0 saturated heterocycles. The quantitative estimate of drug-likeness (QED) is 0.715. The van der Waals surface area contributed by atoms with Crippen LogP contribution in [-0.4, -0.2) is 29.7 Å². The minimum Gasteiger partial charge on any atom is -0.491 e. The molecule has 2 aliphatic heterocycles. The molecule has 0 N–H and O–H groups in total. The van der Waals surface area contributed by atoms with Crippen LogP contribution in [-0.2, 0) is 11.3 Å². The number of nitrogens with zero attached hydrogens (tertiary/aromatic N) is 1. The molecule has 2 aliphatic rings. The summed E-state index contributed by atoms with van der Waals surface area (Å²) in [6.45, 7) is 4.75. The predicted molar refractivity (Wildman–Crippen MR) is 85.5 cm³/mol. The van der Waals surface area contributed by atoms with Crippen molar-refractivity contribution in [1.82, 2.24) is 4.57 Å². The summed E-state index contributed by atoms with van der Waals surface area (Å²) in [5.41, 5.74) is -1.33. The van der Waals surface area contributed by atoms with Gasteiger partial charge in [0.15, 0.2) is 11.5 Å². The summed E-state index contributed by atoms with van der Waals surface area (Å²) in [5.74, 6) is -0.0378. The summed E-state index contributed by atoms with van der Waals surface area (Å²) in [5, 5.41) is 0. The van der Waals surface area contributed by atoms with Crippen LogP contribution in [0.15, 0.2) is 27.6 Å². The number of carbonyl (C=O) groups excluding carboxylic acids is 1. The molecule has 0 aromatic carbocycles. The van der Waals surface area contributed by atoms with Gasteiger partial charge in [0, 0.05) is 6.20 Å². The molecule has 3 heterocycles. The minimum atomic E-state index is -0.745. The standard InChI is InChI=1S/C16H18BrNO4/c1-15(2)14(20)11-13(21-3)12(19)10(17)8-18(11)9-16(15)6-4-5-7-22-16/h4-5,8H,6-7,9H2,1-3H3. The van der Waals surface area contributed by atoms with Crippen LogP contribution in [0.4, 0.5) is 0 Å². The van der Waals surface area contributed by atoms with Gasteiger partial charge in [0.05, 0.1) is 30.1 Å². The van der Waals surface area contributed by atoms with E-state index in [1.54, 1.807) is 10.8 Å². The molecule has 1 aromatic rings. The van der Waals surface area contributed by atoms with Crippen LogP contribution in [0.2, 0.25) is 0 Å². The SMILES string of the molecule is COc1c2n(cc(Br)c1=O)CC1(CC=CCO1)C(C)(C)C2=O. The van der Waals surface area contributed by atoms with E-state index in [1.165, 1.54) is 7.11 Å². The number of aromatic nitrogens is 1. The van der Waals surface area contributed by atoms with Gasteiger partial charge >= 0.3 is 0 Å². The lowest BCUT2D eigenvalue weighted by molar-refractivity contribution is -0.118. The maximum atomic E-state index is 13.1. The molecular formula is C16H18BrNO4. The highest BCUT2D eigenvalue weighted by Crippen LogP contribution is 2.47. The van der Waals surface area contributed by atoms with E-state index in [2.05, 4.69) is 22.0 Å². The molecule has 22 heavy (non-hydrogen) atoms. The first-order valence-electron chi connectivity index (χ1n) is 7.15. The molecule has 1 atom stereocenters. The second kappa shape index (κ2) is 5.06. The zero-order chi connectivity index (χ0) is 16.1. The van der Waals surface area contributed by atoms with Gasteiger partial charge in [-0.1, -0.05) is 12.2 Å². The largest absolute Gasteiger partial charge is 0.491 e. The molecule has 0 radical (unpaired) electrons. The van der Waals surface area contributed by atoms with Gasteiger partial charge in [-0.3, -0.25) is 9.59 Å². The summed E-state index contributed by atoms with van der Waals surface area (Å²) < 4.78 is 13.4. The van der Waals surface area contributed by atoms with Crippen molar-refractivity contribution in [3.8, 4) is 5.75 Å². The average molecular weight is 368 g/mol. The Morgan fingerprint density at radius 1 is 1.32 bits per heavy atom. The number of hydrogen-bond donors (Lipinski definition) is 0. The Labute approximate surface area is 137 Å². The molecule has 0 aliphatic carbocycles. The molecule has 5 nitrogen and oxygen atoms in total. The molecular weight excluding hydrogens is 350 g/mol. The molecule has 1 spiro atoms. The van der Waals surface area contributed by atoms with Crippen LogP contribution >= 0.6 is 15.9 Å². The van der Waals surface area contributed by atoms with E-state index in [0.717, 1.165) is 0 Å². The van der Waals surface area contributed by atoms with Crippen LogP contribution < -0.4 is 10.2 Å². The fraction of sp³-hybridized carbons (Fsp3) is 0.500. The number of ether oxygens (including phenoxy) is 2. The lowest BCUT2D eigenvalue weighted by atomic mass is 9.66. The fourth-order valence-electron chi connectivity index (χ4n) is 3.28. The number of hydrogen-bond acceptors (Lipinski definition) is 4. The van der Waals surface area contributed by atoms with Crippen molar-refractivity contribution in [2.45, 2.75) is 32.4 Å². The van der Waals surface area contributed by atoms with E-state index in [0.29, 0.717) is 29.7 Å². The van der Waals surface area contributed by atoms with Crippen molar-refractivity contribution in [3.05, 3.63) is 38.7 Å². The highest BCUT2D eigenvalue weighted by molar-refractivity contribution is 9.10. The monoisotopic (exact) mass is 367 g/mol. The van der Waals surface area contributed by atoms with Gasteiger partial charge in [0.25, 0.3) is 0 Å². The van der Waals surface area contributed by atoms with Gasteiger partial charge in [0.2, 0.25) is 5.43 Å². The summed E-state index contributed by atoms with van der Waals surface area (Å²) in [6.07, 6.45) is 6.33. The highest BCUT2D eigenvalue weighted by atomic mass is 79.9. The zero-order valence-electron chi connectivity index (χ0n) is 12.8. The van der Waals surface area contributed by atoms with E-state index in [9.17, 15) is 9.59 Å². The number of carbonyl (C=O) groups is 1. The average Bonchev–Trinajstić information content (AvgIpc) is 2.49. The van der Waals surface area contributed by atoms with Gasteiger partial charge in [-0.15, -0.1) is 0 Å². The number of ketones is 1. The molecule has 1 unspecified atom stereocenters. The van der Waals surface area contributed by atoms with Crippen LogP contribution in [0.1, 0.15) is 30.8 Å². The number of rotatable bonds is 1. The molecule has 0 saturated carbocycles. The zero-order valence-corrected chi connectivity index (χ0v) is 14.4. The molecule has 0 fully saturated rings. The predicted octanol–water partition coefficient (Wildman–Crippen LogP) is 2.56. The second-order valence-electron chi connectivity index (χ2n) is 6.25. The number of halogens is 1. The second-order valence-corrected chi connectivity index (χ2v) is 7.11. The smallest absolute Gasteiger partial charge is 0.238 e. The van der Waals surface area contributed by atoms with Gasteiger partial charge in [-0.25, -0.2) is 0 Å². The van der Waals surface area contributed by atoms with Gasteiger partial charge < -0.3 is 14.0 Å². The van der Waals surface area contributed by atoms with Crippen molar-refractivity contribution >= 4 is 21.7 Å². The third kappa shape index (κ3) is 1.93. The van der Waals surface area contributed by atoms with Crippen molar-refractivity contribution in [2.24, 2.45) is 5.41 Å². The van der Waals surface area contributed by atoms with Gasteiger partial charge in [-0.05, 0) is 36.2 Å². The van der Waals surface area contributed by atoms with E-state index < -0.39 is 11.0 Å². The molecule has 0 amide bonds. The Morgan fingerprint density at radius 2 is 2.05 bits per heavy atom. The Balaban J connectivity index is 2.26. The first kappa shape index (κ1) is 15.5. The van der Waals surface area contributed by atoms with Crippen molar-refractivity contribution in [3.63, 3.8) is 0 Å². The Morgan fingerprint density at radius 3 is 2.64 bits per heavy atom. The Hall–Kier alpha value is -1.40.